The summed E-state index contributed by atoms with van der Waals surface area (Å²) in [4.78, 5) is 14.4. The molecule has 0 spiro atoms. The molecule has 7 heteroatoms. The average molecular weight is 409 g/mol. The van der Waals surface area contributed by atoms with Gasteiger partial charge in [-0.3, -0.25) is 4.79 Å². The van der Waals surface area contributed by atoms with E-state index in [0.717, 1.165) is 24.8 Å². The molecule has 5 nitrogen and oxygen atoms in total. The molecule has 0 bridgehead atoms. The number of benzene rings is 2. The Morgan fingerprint density at radius 1 is 1.14 bits per heavy atom. The molecular weight excluding hydrogens is 383 g/mol. The topological polar surface area (TPSA) is 64.8 Å². The van der Waals surface area contributed by atoms with Gasteiger partial charge in [0.25, 0.3) is 5.91 Å². The van der Waals surface area contributed by atoms with Crippen LogP contribution in [0.4, 0.5) is 4.39 Å². The van der Waals surface area contributed by atoms with E-state index in [-0.39, 0.29) is 30.0 Å². The Morgan fingerprint density at radius 3 is 2.39 bits per heavy atom. The van der Waals surface area contributed by atoms with Gasteiger partial charge in [0.2, 0.25) is 0 Å². The number of methoxy groups -OCH3 is 1. The van der Waals surface area contributed by atoms with Crippen LogP contribution in [-0.4, -0.2) is 43.7 Å². The first-order chi connectivity index (χ1) is 13.1. The summed E-state index contributed by atoms with van der Waals surface area (Å²) in [5, 5.41) is 0. The Labute approximate surface area is 171 Å². The van der Waals surface area contributed by atoms with Crippen LogP contribution < -0.4 is 10.5 Å². The number of hydrogen-bond acceptors (Lipinski definition) is 4. The third-order valence-corrected chi connectivity index (χ3v) is 4.82. The van der Waals surface area contributed by atoms with E-state index in [1.807, 2.05) is 24.3 Å². The van der Waals surface area contributed by atoms with E-state index >= 15 is 0 Å². The zero-order valence-electron chi connectivity index (χ0n) is 15.9. The fraction of sp³-hybridized carbons (Fsp3) is 0.381. The first-order valence-corrected chi connectivity index (χ1v) is 9.19. The number of amides is 1. The van der Waals surface area contributed by atoms with Gasteiger partial charge in [-0.2, -0.15) is 0 Å². The number of ether oxygens (including phenoxy) is 2. The zero-order valence-corrected chi connectivity index (χ0v) is 16.7. The lowest BCUT2D eigenvalue weighted by Crippen LogP contribution is -2.40. The van der Waals surface area contributed by atoms with Gasteiger partial charge >= 0.3 is 0 Å². The minimum absolute atomic E-state index is 0. The molecule has 1 amide bonds. The van der Waals surface area contributed by atoms with Crippen LogP contribution in [0, 0.1) is 5.82 Å². The van der Waals surface area contributed by atoms with Crippen molar-refractivity contribution in [3.05, 3.63) is 59.4 Å². The smallest absolute Gasteiger partial charge is 0.256 e. The summed E-state index contributed by atoms with van der Waals surface area (Å²) in [7, 11) is 1.67. The van der Waals surface area contributed by atoms with Crippen molar-refractivity contribution in [2.75, 3.05) is 26.7 Å². The molecule has 28 heavy (non-hydrogen) atoms. The number of likely N-dealkylation sites (tertiary alicyclic amines) is 1. The lowest BCUT2D eigenvalue weighted by Gasteiger charge is -2.31. The van der Waals surface area contributed by atoms with Crippen molar-refractivity contribution in [3.8, 4) is 11.5 Å². The number of carbonyl (C=O) groups excluding carboxylic acids is 1. The molecule has 0 unspecified atom stereocenters. The van der Waals surface area contributed by atoms with Crippen molar-refractivity contribution >= 4 is 18.3 Å². The van der Waals surface area contributed by atoms with Gasteiger partial charge in [0, 0.05) is 20.2 Å². The maximum atomic E-state index is 14.3. The van der Waals surface area contributed by atoms with Crippen molar-refractivity contribution in [1.82, 2.24) is 4.90 Å². The summed E-state index contributed by atoms with van der Waals surface area (Å²) >= 11 is 0. The molecule has 152 valence electrons. The summed E-state index contributed by atoms with van der Waals surface area (Å²) in [6.45, 7) is 1.71. The normalized spacial score (nSPS) is 14.5. The molecule has 0 aromatic heterocycles. The van der Waals surface area contributed by atoms with E-state index in [4.69, 9.17) is 15.2 Å². The molecule has 1 aliphatic rings. The first-order valence-electron chi connectivity index (χ1n) is 9.19. The number of rotatable bonds is 6. The van der Waals surface area contributed by atoms with Crippen LogP contribution in [0.5, 0.6) is 11.5 Å². The Balaban J connectivity index is 0.00000280. The molecule has 2 aromatic carbocycles. The van der Waals surface area contributed by atoms with Gasteiger partial charge in [-0.1, -0.05) is 12.1 Å². The highest BCUT2D eigenvalue weighted by atomic mass is 35.5. The second-order valence-electron chi connectivity index (χ2n) is 6.65. The molecule has 1 aliphatic heterocycles. The predicted octanol–water partition coefficient (Wildman–Crippen LogP) is 3.79. The van der Waals surface area contributed by atoms with Crippen molar-refractivity contribution in [3.63, 3.8) is 0 Å². The predicted molar refractivity (Wildman–Crippen MR) is 109 cm³/mol. The second-order valence-corrected chi connectivity index (χ2v) is 6.65. The van der Waals surface area contributed by atoms with E-state index in [1.165, 1.54) is 18.2 Å². The fourth-order valence-corrected chi connectivity index (χ4v) is 3.22. The van der Waals surface area contributed by atoms with E-state index in [0.29, 0.717) is 31.1 Å². The van der Waals surface area contributed by atoms with E-state index in [2.05, 4.69) is 0 Å². The number of piperidine rings is 1. The number of nitrogens with zero attached hydrogens (tertiary/aromatic N) is 1. The van der Waals surface area contributed by atoms with Gasteiger partial charge in [-0.05, 0) is 61.7 Å². The summed E-state index contributed by atoms with van der Waals surface area (Å²) in [6.07, 6.45) is 2.48. The zero-order chi connectivity index (χ0) is 19.2. The lowest BCUT2D eigenvalue weighted by molar-refractivity contribution is 0.0348. The Kier molecular flexibility index (Phi) is 8.23. The van der Waals surface area contributed by atoms with Gasteiger partial charge in [-0.15, -0.1) is 12.4 Å². The molecule has 0 saturated carbocycles. The molecule has 0 aliphatic carbocycles. The Hall–Kier alpha value is -2.15. The Bertz CT molecular complexity index is 778. The Morgan fingerprint density at radius 2 is 1.79 bits per heavy atom. The largest absolute Gasteiger partial charge is 0.457 e. The molecule has 2 N–H and O–H groups in total. The lowest BCUT2D eigenvalue weighted by atomic mass is 10.1. The van der Waals surface area contributed by atoms with Gasteiger partial charge in [0.05, 0.1) is 11.7 Å². The molecular formula is C21H26ClFN2O3. The van der Waals surface area contributed by atoms with Crippen LogP contribution in [-0.2, 0) is 11.2 Å². The number of halogens is 2. The SMILES string of the molecule is COC1CCN(C(=O)c2cc(Oc3ccc(CCN)cc3)ccc2F)CC1.Cl. The maximum Gasteiger partial charge on any atom is 0.256 e. The van der Waals surface area contributed by atoms with Crippen molar-refractivity contribution in [2.45, 2.75) is 25.4 Å². The van der Waals surface area contributed by atoms with Crippen LogP contribution >= 0.6 is 12.4 Å². The van der Waals surface area contributed by atoms with Gasteiger partial charge < -0.3 is 20.1 Å². The number of nitrogens with two attached hydrogens (primary N) is 1. The summed E-state index contributed by atoms with van der Waals surface area (Å²) in [6, 6.07) is 11.8. The van der Waals surface area contributed by atoms with Crippen LogP contribution in [0.25, 0.3) is 0 Å². The first kappa shape index (κ1) is 22.1. The summed E-state index contributed by atoms with van der Waals surface area (Å²) in [5.74, 6) is 0.199. The van der Waals surface area contributed by atoms with Crippen LogP contribution in [0.2, 0.25) is 0 Å². The van der Waals surface area contributed by atoms with Crippen molar-refractivity contribution < 1.29 is 18.7 Å². The molecule has 3 rings (SSSR count). The summed E-state index contributed by atoms with van der Waals surface area (Å²) < 4.78 is 25.4. The van der Waals surface area contributed by atoms with Crippen LogP contribution in [0.15, 0.2) is 42.5 Å². The third kappa shape index (κ3) is 5.44. The van der Waals surface area contributed by atoms with Crippen LogP contribution in [0.1, 0.15) is 28.8 Å². The number of carbonyl (C=O) groups is 1. The molecule has 2 aromatic rings. The second kappa shape index (κ2) is 10.4. The highest BCUT2D eigenvalue weighted by Gasteiger charge is 2.25. The monoisotopic (exact) mass is 408 g/mol. The molecule has 1 heterocycles. The minimum atomic E-state index is -0.542. The number of hydrogen-bond donors (Lipinski definition) is 1. The van der Waals surface area contributed by atoms with Gasteiger partial charge in [-0.25, -0.2) is 4.39 Å². The highest BCUT2D eigenvalue weighted by molar-refractivity contribution is 5.95. The van der Waals surface area contributed by atoms with Crippen molar-refractivity contribution in [1.29, 1.82) is 0 Å². The van der Waals surface area contributed by atoms with Crippen molar-refractivity contribution in [2.24, 2.45) is 5.73 Å². The highest BCUT2D eigenvalue weighted by Crippen LogP contribution is 2.26. The quantitative estimate of drug-likeness (QED) is 0.789. The molecule has 0 radical (unpaired) electrons. The van der Waals surface area contributed by atoms with Crippen LogP contribution in [0.3, 0.4) is 0 Å². The standard InChI is InChI=1S/C21H25FN2O3.ClH/c1-26-16-9-12-24(13-10-16)21(25)19-14-18(6-7-20(19)22)27-17-4-2-15(3-5-17)8-11-23;/h2-7,14,16H,8-13,23H2,1H3;1H. The molecule has 1 saturated heterocycles. The average Bonchev–Trinajstić information content (AvgIpc) is 2.70. The maximum absolute atomic E-state index is 14.3. The molecule has 0 atom stereocenters. The third-order valence-electron chi connectivity index (χ3n) is 4.82. The van der Waals surface area contributed by atoms with Gasteiger partial charge in [0.1, 0.15) is 17.3 Å². The van der Waals surface area contributed by atoms with Gasteiger partial charge in [0.15, 0.2) is 0 Å². The minimum Gasteiger partial charge on any atom is -0.457 e. The molecule has 1 fully saturated rings. The van der Waals surface area contributed by atoms with E-state index in [9.17, 15) is 9.18 Å². The fourth-order valence-electron chi connectivity index (χ4n) is 3.22. The van der Waals surface area contributed by atoms with E-state index < -0.39 is 5.82 Å². The van der Waals surface area contributed by atoms with E-state index in [1.54, 1.807) is 12.0 Å². The summed E-state index contributed by atoms with van der Waals surface area (Å²) in [5.41, 5.74) is 6.70.